The Bertz CT molecular complexity index is 483. The molecule has 1 aromatic heterocycles. The van der Waals surface area contributed by atoms with Gasteiger partial charge in [-0.1, -0.05) is 0 Å². The van der Waals surface area contributed by atoms with Crippen LogP contribution in [0.1, 0.15) is 44.5 Å². The fourth-order valence-corrected chi connectivity index (χ4v) is 1.90. The molecule has 0 aliphatic carbocycles. The number of aromatic nitrogens is 2. The average molecular weight is 283 g/mol. The molecule has 0 aliphatic rings. The number of nitrogens with zero attached hydrogens (tertiary/aromatic N) is 2. The standard InChI is InChI=1S/C13H21N3O4/c1-8-7-14-16(5)11(8)9(6-10(17)18)15-12(19)20-13(2,3)4/h7,9H,6H2,1-5H3,(H,15,19)(H,17,18)/t9-/m1/s1. The molecule has 7 heteroatoms. The van der Waals surface area contributed by atoms with Crippen LogP contribution in [-0.2, 0) is 16.6 Å². The van der Waals surface area contributed by atoms with Gasteiger partial charge in [0.15, 0.2) is 0 Å². The maximum absolute atomic E-state index is 11.8. The third kappa shape index (κ3) is 4.56. The molecule has 1 aromatic rings. The number of carboxylic acid groups (broad SMARTS) is 1. The van der Waals surface area contributed by atoms with Crippen LogP contribution in [0, 0.1) is 6.92 Å². The third-order valence-corrected chi connectivity index (χ3v) is 2.58. The lowest BCUT2D eigenvalue weighted by Gasteiger charge is -2.23. The van der Waals surface area contributed by atoms with Crippen LogP contribution in [0.3, 0.4) is 0 Å². The predicted octanol–water partition coefficient (Wildman–Crippen LogP) is 1.77. The van der Waals surface area contributed by atoms with E-state index < -0.39 is 23.7 Å². The Hall–Kier alpha value is -2.05. The monoisotopic (exact) mass is 283 g/mol. The topological polar surface area (TPSA) is 93.5 Å². The highest BCUT2D eigenvalue weighted by atomic mass is 16.6. The SMILES string of the molecule is Cc1cnn(C)c1[C@@H](CC(=O)O)NC(=O)OC(C)(C)C. The van der Waals surface area contributed by atoms with Crippen molar-refractivity contribution in [2.75, 3.05) is 0 Å². The van der Waals surface area contributed by atoms with Gasteiger partial charge in [-0.2, -0.15) is 5.10 Å². The van der Waals surface area contributed by atoms with Crippen LogP contribution < -0.4 is 5.32 Å². The van der Waals surface area contributed by atoms with Crippen molar-refractivity contribution < 1.29 is 19.4 Å². The van der Waals surface area contributed by atoms with Gasteiger partial charge in [0.05, 0.1) is 24.4 Å². The number of rotatable bonds is 4. The van der Waals surface area contributed by atoms with Crippen molar-refractivity contribution in [1.29, 1.82) is 0 Å². The van der Waals surface area contributed by atoms with Crippen LogP contribution >= 0.6 is 0 Å². The second-order valence-electron chi connectivity index (χ2n) is 5.63. The highest BCUT2D eigenvalue weighted by molar-refractivity contribution is 5.72. The molecule has 2 N–H and O–H groups in total. The van der Waals surface area contributed by atoms with Gasteiger partial charge in [0, 0.05) is 7.05 Å². The normalized spacial score (nSPS) is 12.8. The van der Waals surface area contributed by atoms with Gasteiger partial charge in [0.25, 0.3) is 0 Å². The molecule has 112 valence electrons. The van der Waals surface area contributed by atoms with Crippen LogP contribution in [0.25, 0.3) is 0 Å². The average Bonchev–Trinajstić information content (AvgIpc) is 2.53. The molecule has 1 heterocycles. The van der Waals surface area contributed by atoms with Crippen molar-refractivity contribution in [2.45, 2.75) is 45.8 Å². The Morgan fingerprint density at radius 1 is 1.50 bits per heavy atom. The minimum absolute atomic E-state index is 0.236. The molecule has 0 saturated heterocycles. The number of carbonyl (C=O) groups is 2. The first kappa shape index (κ1) is 16.0. The summed E-state index contributed by atoms with van der Waals surface area (Å²) in [5, 5.41) is 15.6. The van der Waals surface area contributed by atoms with E-state index in [1.807, 2.05) is 6.92 Å². The minimum Gasteiger partial charge on any atom is -0.481 e. The molecular weight excluding hydrogens is 262 g/mol. The van der Waals surface area contributed by atoms with Gasteiger partial charge >= 0.3 is 12.1 Å². The molecule has 7 nitrogen and oxygen atoms in total. The molecule has 0 aromatic carbocycles. The van der Waals surface area contributed by atoms with Crippen LogP contribution in [0.5, 0.6) is 0 Å². The third-order valence-electron chi connectivity index (χ3n) is 2.58. The Labute approximate surface area is 117 Å². The number of nitrogens with one attached hydrogen (secondary N) is 1. The van der Waals surface area contributed by atoms with E-state index in [1.165, 1.54) is 0 Å². The highest BCUT2D eigenvalue weighted by Gasteiger charge is 2.25. The molecule has 0 fully saturated rings. The van der Waals surface area contributed by atoms with E-state index in [4.69, 9.17) is 9.84 Å². The molecule has 1 amide bonds. The van der Waals surface area contributed by atoms with E-state index >= 15 is 0 Å². The van der Waals surface area contributed by atoms with Crippen molar-refractivity contribution in [3.8, 4) is 0 Å². The van der Waals surface area contributed by atoms with E-state index in [9.17, 15) is 9.59 Å². The van der Waals surface area contributed by atoms with Crippen LogP contribution in [0.2, 0.25) is 0 Å². The Morgan fingerprint density at radius 3 is 2.50 bits per heavy atom. The summed E-state index contributed by atoms with van der Waals surface area (Å²) in [4.78, 5) is 22.8. The van der Waals surface area contributed by atoms with Gasteiger partial charge in [0.1, 0.15) is 5.60 Å². The summed E-state index contributed by atoms with van der Waals surface area (Å²) >= 11 is 0. The summed E-state index contributed by atoms with van der Waals surface area (Å²) in [5.74, 6) is -1.01. The first-order valence-electron chi connectivity index (χ1n) is 6.30. The number of carboxylic acids is 1. The lowest BCUT2D eigenvalue weighted by atomic mass is 10.1. The molecule has 0 aliphatic heterocycles. The smallest absolute Gasteiger partial charge is 0.408 e. The van der Waals surface area contributed by atoms with Gasteiger partial charge in [-0.15, -0.1) is 0 Å². The largest absolute Gasteiger partial charge is 0.481 e. The second kappa shape index (κ2) is 5.94. The zero-order valence-corrected chi connectivity index (χ0v) is 12.4. The molecule has 0 saturated carbocycles. The van der Waals surface area contributed by atoms with Gasteiger partial charge in [-0.05, 0) is 33.3 Å². The molecule has 0 spiro atoms. The van der Waals surface area contributed by atoms with E-state index in [-0.39, 0.29) is 6.42 Å². The maximum Gasteiger partial charge on any atom is 0.408 e. The van der Waals surface area contributed by atoms with E-state index in [0.29, 0.717) is 5.69 Å². The van der Waals surface area contributed by atoms with Gasteiger partial charge in [-0.3, -0.25) is 9.48 Å². The van der Waals surface area contributed by atoms with Gasteiger partial charge in [0.2, 0.25) is 0 Å². The fourth-order valence-electron chi connectivity index (χ4n) is 1.90. The summed E-state index contributed by atoms with van der Waals surface area (Å²) in [6.45, 7) is 7.05. The van der Waals surface area contributed by atoms with Crippen molar-refractivity contribution in [2.24, 2.45) is 7.05 Å². The molecular formula is C13H21N3O4. The maximum atomic E-state index is 11.8. The second-order valence-corrected chi connectivity index (χ2v) is 5.63. The molecule has 0 unspecified atom stereocenters. The fraction of sp³-hybridized carbons (Fsp3) is 0.615. The van der Waals surface area contributed by atoms with Crippen LogP contribution in [0.15, 0.2) is 6.20 Å². The van der Waals surface area contributed by atoms with Crippen molar-refractivity contribution >= 4 is 12.1 Å². The summed E-state index contributed by atoms with van der Waals surface area (Å²) in [6.07, 6.45) is 0.741. The first-order chi connectivity index (χ1) is 9.10. The molecule has 1 atom stereocenters. The number of aryl methyl sites for hydroxylation is 2. The number of aliphatic carboxylic acids is 1. The molecule has 0 radical (unpaired) electrons. The zero-order valence-electron chi connectivity index (χ0n) is 12.4. The van der Waals surface area contributed by atoms with E-state index in [1.54, 1.807) is 38.7 Å². The zero-order chi connectivity index (χ0) is 15.5. The number of hydrogen-bond acceptors (Lipinski definition) is 4. The minimum atomic E-state index is -1.01. The predicted molar refractivity (Wildman–Crippen MR) is 72.3 cm³/mol. The Kier molecular flexibility index (Phi) is 4.75. The van der Waals surface area contributed by atoms with Crippen molar-refractivity contribution in [3.05, 3.63) is 17.5 Å². The molecule has 0 bridgehead atoms. The Balaban J connectivity index is 2.91. The van der Waals surface area contributed by atoms with Crippen LogP contribution in [-0.4, -0.2) is 32.6 Å². The highest BCUT2D eigenvalue weighted by Crippen LogP contribution is 2.21. The van der Waals surface area contributed by atoms with Gasteiger partial charge < -0.3 is 15.2 Å². The van der Waals surface area contributed by atoms with E-state index in [2.05, 4.69) is 10.4 Å². The Morgan fingerprint density at radius 2 is 2.10 bits per heavy atom. The van der Waals surface area contributed by atoms with Crippen LogP contribution in [0.4, 0.5) is 4.79 Å². The molecule has 1 rings (SSSR count). The number of amides is 1. The van der Waals surface area contributed by atoms with Crippen molar-refractivity contribution in [1.82, 2.24) is 15.1 Å². The summed E-state index contributed by atoms with van der Waals surface area (Å²) in [6, 6.07) is -0.685. The summed E-state index contributed by atoms with van der Waals surface area (Å²) in [7, 11) is 1.70. The summed E-state index contributed by atoms with van der Waals surface area (Å²) < 4.78 is 6.71. The summed E-state index contributed by atoms with van der Waals surface area (Å²) in [5.41, 5.74) is 0.826. The lowest BCUT2D eigenvalue weighted by Crippen LogP contribution is -2.36. The van der Waals surface area contributed by atoms with Crippen molar-refractivity contribution in [3.63, 3.8) is 0 Å². The number of alkyl carbamates (subject to hydrolysis) is 1. The number of hydrogen-bond donors (Lipinski definition) is 2. The van der Waals surface area contributed by atoms with Gasteiger partial charge in [-0.25, -0.2) is 4.79 Å². The number of carbonyl (C=O) groups excluding carboxylic acids is 1. The van der Waals surface area contributed by atoms with E-state index in [0.717, 1.165) is 5.56 Å². The molecule has 20 heavy (non-hydrogen) atoms. The first-order valence-corrected chi connectivity index (χ1v) is 6.30. The number of ether oxygens (including phenoxy) is 1. The lowest BCUT2D eigenvalue weighted by molar-refractivity contribution is -0.137. The quantitative estimate of drug-likeness (QED) is 0.878.